The standard InChI is InChI=1S/C10H17NO/c11-9-6-5-7-3-1-2-4-8(7)10(9)12/h7-9H,1-6,11H2/t7-,8-,9-/m0/s1. The number of rotatable bonds is 0. The van der Waals surface area contributed by atoms with Crippen molar-refractivity contribution in [2.75, 3.05) is 0 Å². The van der Waals surface area contributed by atoms with Crippen molar-refractivity contribution in [3.8, 4) is 0 Å². The highest BCUT2D eigenvalue weighted by Gasteiger charge is 2.37. The van der Waals surface area contributed by atoms with E-state index in [-0.39, 0.29) is 6.04 Å². The maximum Gasteiger partial charge on any atom is 0.152 e. The minimum atomic E-state index is -0.135. The maximum atomic E-state index is 11.6. The van der Waals surface area contributed by atoms with E-state index >= 15 is 0 Å². The summed E-state index contributed by atoms with van der Waals surface area (Å²) in [5, 5.41) is 0. The molecular formula is C10H17NO. The summed E-state index contributed by atoms with van der Waals surface area (Å²) >= 11 is 0. The highest BCUT2D eigenvalue weighted by molar-refractivity contribution is 5.87. The number of carbonyl (C=O) groups excluding carboxylic acids is 1. The largest absolute Gasteiger partial charge is 0.321 e. The van der Waals surface area contributed by atoms with E-state index in [0.717, 1.165) is 12.8 Å². The molecule has 2 saturated carbocycles. The van der Waals surface area contributed by atoms with E-state index in [1.807, 2.05) is 0 Å². The predicted molar refractivity (Wildman–Crippen MR) is 47.7 cm³/mol. The summed E-state index contributed by atoms with van der Waals surface area (Å²) in [6.45, 7) is 0. The lowest BCUT2D eigenvalue weighted by Crippen LogP contribution is -2.44. The Bertz CT molecular complexity index is 190. The number of hydrogen-bond donors (Lipinski definition) is 1. The van der Waals surface area contributed by atoms with Gasteiger partial charge in [-0.05, 0) is 31.6 Å². The Hall–Kier alpha value is -0.370. The van der Waals surface area contributed by atoms with Gasteiger partial charge in [-0.2, -0.15) is 0 Å². The van der Waals surface area contributed by atoms with E-state index < -0.39 is 0 Å². The Balaban J connectivity index is 2.08. The van der Waals surface area contributed by atoms with Gasteiger partial charge in [0.05, 0.1) is 6.04 Å². The highest BCUT2D eigenvalue weighted by Crippen LogP contribution is 2.37. The molecular weight excluding hydrogens is 150 g/mol. The average Bonchev–Trinajstić information content (AvgIpc) is 2.12. The Labute approximate surface area is 73.5 Å². The monoisotopic (exact) mass is 167 g/mol. The van der Waals surface area contributed by atoms with Gasteiger partial charge in [0.2, 0.25) is 0 Å². The molecule has 0 amide bonds. The molecule has 0 aliphatic heterocycles. The van der Waals surface area contributed by atoms with Gasteiger partial charge in [-0.25, -0.2) is 0 Å². The molecule has 0 bridgehead atoms. The van der Waals surface area contributed by atoms with E-state index in [1.165, 1.54) is 25.7 Å². The first-order valence-electron chi connectivity index (χ1n) is 5.08. The van der Waals surface area contributed by atoms with Crippen LogP contribution in [0, 0.1) is 11.8 Å². The van der Waals surface area contributed by atoms with Crippen molar-refractivity contribution in [3.63, 3.8) is 0 Å². The molecule has 2 rings (SSSR count). The fourth-order valence-corrected chi connectivity index (χ4v) is 2.74. The molecule has 12 heavy (non-hydrogen) atoms. The van der Waals surface area contributed by atoms with E-state index in [2.05, 4.69) is 0 Å². The first kappa shape index (κ1) is 8.24. The quantitative estimate of drug-likeness (QED) is 0.594. The molecule has 2 nitrogen and oxygen atoms in total. The number of Topliss-reactive ketones (excluding diaryl/α,β-unsaturated/α-hetero) is 1. The lowest BCUT2D eigenvalue weighted by molar-refractivity contribution is -0.129. The van der Waals surface area contributed by atoms with Crippen LogP contribution in [0.4, 0.5) is 0 Å². The topological polar surface area (TPSA) is 43.1 Å². The Morgan fingerprint density at radius 2 is 1.83 bits per heavy atom. The van der Waals surface area contributed by atoms with Crippen LogP contribution < -0.4 is 5.73 Å². The molecule has 0 unspecified atom stereocenters. The number of carbonyl (C=O) groups is 1. The van der Waals surface area contributed by atoms with Gasteiger partial charge < -0.3 is 5.73 Å². The summed E-state index contributed by atoms with van der Waals surface area (Å²) in [6.07, 6.45) is 7.06. The molecule has 2 heteroatoms. The van der Waals surface area contributed by atoms with Gasteiger partial charge in [0.25, 0.3) is 0 Å². The van der Waals surface area contributed by atoms with Crippen LogP contribution in [0.3, 0.4) is 0 Å². The van der Waals surface area contributed by atoms with Crippen LogP contribution in [0.2, 0.25) is 0 Å². The van der Waals surface area contributed by atoms with Gasteiger partial charge in [0, 0.05) is 5.92 Å². The second-order valence-electron chi connectivity index (χ2n) is 4.24. The normalized spacial score (nSPS) is 42.4. The minimum Gasteiger partial charge on any atom is -0.321 e. The number of fused-ring (bicyclic) bond motifs is 1. The Kier molecular flexibility index (Phi) is 2.18. The molecule has 0 aromatic carbocycles. The zero-order chi connectivity index (χ0) is 8.55. The summed E-state index contributed by atoms with van der Waals surface area (Å²) < 4.78 is 0. The second-order valence-corrected chi connectivity index (χ2v) is 4.24. The van der Waals surface area contributed by atoms with Crippen molar-refractivity contribution in [2.45, 2.75) is 44.6 Å². The van der Waals surface area contributed by atoms with E-state index in [9.17, 15) is 4.79 Å². The average molecular weight is 167 g/mol. The van der Waals surface area contributed by atoms with Gasteiger partial charge in [0.15, 0.2) is 5.78 Å². The summed E-state index contributed by atoms with van der Waals surface area (Å²) in [5.41, 5.74) is 5.74. The molecule has 2 aliphatic rings. The summed E-state index contributed by atoms with van der Waals surface area (Å²) in [5.74, 6) is 1.37. The van der Waals surface area contributed by atoms with Gasteiger partial charge >= 0.3 is 0 Å². The minimum absolute atomic E-state index is 0.135. The fraction of sp³-hybridized carbons (Fsp3) is 0.900. The number of hydrogen-bond acceptors (Lipinski definition) is 2. The van der Waals surface area contributed by atoms with Crippen LogP contribution in [0.15, 0.2) is 0 Å². The van der Waals surface area contributed by atoms with Gasteiger partial charge in [-0.15, -0.1) is 0 Å². The zero-order valence-electron chi connectivity index (χ0n) is 7.46. The molecule has 2 aliphatic carbocycles. The highest BCUT2D eigenvalue weighted by atomic mass is 16.1. The molecule has 0 spiro atoms. The lowest BCUT2D eigenvalue weighted by Gasteiger charge is -2.36. The SMILES string of the molecule is N[C@H]1CC[C@@H]2CCCC[C@@H]2C1=O. The van der Waals surface area contributed by atoms with Crippen molar-refractivity contribution in [3.05, 3.63) is 0 Å². The van der Waals surface area contributed by atoms with Crippen molar-refractivity contribution in [1.29, 1.82) is 0 Å². The van der Waals surface area contributed by atoms with Crippen LogP contribution in [-0.4, -0.2) is 11.8 Å². The van der Waals surface area contributed by atoms with Gasteiger partial charge in [-0.3, -0.25) is 4.79 Å². The van der Waals surface area contributed by atoms with Crippen LogP contribution in [-0.2, 0) is 4.79 Å². The van der Waals surface area contributed by atoms with Gasteiger partial charge in [0.1, 0.15) is 0 Å². The van der Waals surface area contributed by atoms with E-state index in [0.29, 0.717) is 17.6 Å². The third-order valence-electron chi connectivity index (χ3n) is 3.49. The van der Waals surface area contributed by atoms with Crippen molar-refractivity contribution in [2.24, 2.45) is 17.6 Å². The molecule has 0 aromatic rings. The first-order valence-corrected chi connectivity index (χ1v) is 5.08. The van der Waals surface area contributed by atoms with E-state index in [4.69, 9.17) is 5.73 Å². The predicted octanol–water partition coefficient (Wildman–Crippen LogP) is 1.48. The van der Waals surface area contributed by atoms with Gasteiger partial charge in [-0.1, -0.05) is 12.8 Å². The molecule has 0 heterocycles. The fourth-order valence-electron chi connectivity index (χ4n) is 2.74. The molecule has 3 atom stereocenters. The molecule has 2 fully saturated rings. The van der Waals surface area contributed by atoms with Crippen molar-refractivity contribution >= 4 is 5.78 Å². The molecule has 68 valence electrons. The van der Waals surface area contributed by atoms with Crippen LogP contribution in [0.5, 0.6) is 0 Å². The molecule has 0 saturated heterocycles. The molecule has 2 N–H and O–H groups in total. The first-order chi connectivity index (χ1) is 5.79. The van der Waals surface area contributed by atoms with E-state index in [1.54, 1.807) is 0 Å². The van der Waals surface area contributed by atoms with Crippen LogP contribution >= 0.6 is 0 Å². The summed E-state index contributed by atoms with van der Waals surface area (Å²) in [6, 6.07) is -0.135. The van der Waals surface area contributed by atoms with Crippen molar-refractivity contribution < 1.29 is 4.79 Å². The Morgan fingerprint density at radius 1 is 1.08 bits per heavy atom. The second kappa shape index (κ2) is 3.17. The zero-order valence-corrected chi connectivity index (χ0v) is 7.46. The smallest absolute Gasteiger partial charge is 0.152 e. The number of nitrogens with two attached hydrogens (primary N) is 1. The third kappa shape index (κ3) is 1.28. The summed E-state index contributed by atoms with van der Waals surface area (Å²) in [4.78, 5) is 11.6. The maximum absolute atomic E-state index is 11.6. The molecule has 0 aromatic heterocycles. The Morgan fingerprint density at radius 3 is 2.67 bits per heavy atom. The lowest BCUT2D eigenvalue weighted by atomic mass is 9.69. The van der Waals surface area contributed by atoms with Crippen LogP contribution in [0.25, 0.3) is 0 Å². The summed E-state index contributed by atoms with van der Waals surface area (Å²) in [7, 11) is 0. The molecule has 0 radical (unpaired) electrons. The number of ketones is 1. The van der Waals surface area contributed by atoms with Crippen molar-refractivity contribution in [1.82, 2.24) is 0 Å². The third-order valence-corrected chi connectivity index (χ3v) is 3.49. The van der Waals surface area contributed by atoms with Crippen LogP contribution in [0.1, 0.15) is 38.5 Å².